The Morgan fingerprint density at radius 1 is 1.35 bits per heavy atom. The van der Waals surface area contributed by atoms with Crippen LogP contribution in [0.4, 0.5) is 4.79 Å². The van der Waals surface area contributed by atoms with Gasteiger partial charge in [-0.3, -0.25) is 0 Å². The maximum Gasteiger partial charge on any atom is 0.326 e. The minimum atomic E-state index is -1.05. The molecule has 0 radical (unpaired) electrons. The Kier molecular flexibility index (Phi) is 6.61. The van der Waals surface area contributed by atoms with Crippen LogP contribution in [0.25, 0.3) is 0 Å². The number of carboxylic acids is 1. The van der Waals surface area contributed by atoms with E-state index in [-0.39, 0.29) is 0 Å². The number of nitrogens with one attached hydrogen (secondary N) is 2. The first kappa shape index (κ1) is 16.6. The quantitative estimate of drug-likeness (QED) is 0.754. The third-order valence-electron chi connectivity index (χ3n) is 2.71. The Hall–Kier alpha value is -1.46. The molecule has 1 aromatic rings. The SMILES string of the molecule is CC[C@H](NC(=O)NCCc1ccc(Cl)cc1Cl)C(=O)O. The summed E-state index contributed by atoms with van der Waals surface area (Å²) in [5.41, 5.74) is 0.863. The third-order valence-corrected chi connectivity index (χ3v) is 3.29. The lowest BCUT2D eigenvalue weighted by atomic mass is 10.1. The fourth-order valence-electron chi connectivity index (χ4n) is 1.58. The van der Waals surface area contributed by atoms with Gasteiger partial charge in [0, 0.05) is 16.6 Å². The van der Waals surface area contributed by atoms with Crippen LogP contribution in [0.1, 0.15) is 18.9 Å². The summed E-state index contributed by atoms with van der Waals surface area (Å²) >= 11 is 11.8. The van der Waals surface area contributed by atoms with Crippen molar-refractivity contribution in [2.24, 2.45) is 0 Å². The van der Waals surface area contributed by atoms with Crippen molar-refractivity contribution in [1.29, 1.82) is 0 Å². The molecule has 0 bridgehead atoms. The topological polar surface area (TPSA) is 78.4 Å². The van der Waals surface area contributed by atoms with Crippen LogP contribution in [-0.4, -0.2) is 29.7 Å². The van der Waals surface area contributed by atoms with E-state index in [1.807, 2.05) is 0 Å². The van der Waals surface area contributed by atoms with Crippen LogP contribution in [0, 0.1) is 0 Å². The molecule has 1 aromatic carbocycles. The lowest BCUT2D eigenvalue weighted by Crippen LogP contribution is -2.46. The molecule has 1 atom stereocenters. The van der Waals surface area contributed by atoms with E-state index in [9.17, 15) is 9.59 Å². The molecule has 5 nitrogen and oxygen atoms in total. The monoisotopic (exact) mass is 318 g/mol. The summed E-state index contributed by atoms with van der Waals surface area (Å²) in [6.07, 6.45) is 0.860. The molecular formula is C13H16Cl2N2O3. The maximum atomic E-state index is 11.5. The van der Waals surface area contributed by atoms with Crippen molar-refractivity contribution >= 4 is 35.2 Å². The van der Waals surface area contributed by atoms with Crippen molar-refractivity contribution in [1.82, 2.24) is 10.6 Å². The molecule has 20 heavy (non-hydrogen) atoms. The van der Waals surface area contributed by atoms with Crippen LogP contribution in [0.2, 0.25) is 10.0 Å². The number of hydrogen-bond donors (Lipinski definition) is 3. The molecule has 0 fully saturated rings. The molecule has 0 saturated carbocycles. The van der Waals surface area contributed by atoms with Crippen LogP contribution in [0.3, 0.4) is 0 Å². The van der Waals surface area contributed by atoms with Crippen LogP contribution in [0.15, 0.2) is 18.2 Å². The highest BCUT2D eigenvalue weighted by molar-refractivity contribution is 6.35. The van der Waals surface area contributed by atoms with Gasteiger partial charge in [0.05, 0.1) is 0 Å². The van der Waals surface area contributed by atoms with Gasteiger partial charge < -0.3 is 15.7 Å². The van der Waals surface area contributed by atoms with E-state index in [1.54, 1.807) is 25.1 Å². The molecule has 110 valence electrons. The first-order valence-corrected chi connectivity index (χ1v) is 6.90. The molecule has 7 heteroatoms. The number of rotatable bonds is 6. The molecule has 3 N–H and O–H groups in total. The van der Waals surface area contributed by atoms with Gasteiger partial charge in [-0.2, -0.15) is 0 Å². The molecule has 0 aliphatic heterocycles. The standard InChI is InChI=1S/C13H16Cl2N2O3/c1-2-11(12(18)19)17-13(20)16-6-5-8-3-4-9(14)7-10(8)15/h3-4,7,11H,2,5-6H2,1H3,(H,18,19)(H2,16,17,20)/t11-/m0/s1. The van der Waals surface area contributed by atoms with E-state index in [4.69, 9.17) is 28.3 Å². The number of benzene rings is 1. The van der Waals surface area contributed by atoms with Crippen molar-refractivity contribution in [3.63, 3.8) is 0 Å². The van der Waals surface area contributed by atoms with Crippen LogP contribution < -0.4 is 10.6 Å². The average Bonchev–Trinajstić information content (AvgIpc) is 2.38. The van der Waals surface area contributed by atoms with Crippen LogP contribution >= 0.6 is 23.2 Å². The number of carboxylic acid groups (broad SMARTS) is 1. The van der Waals surface area contributed by atoms with Crippen LogP contribution in [0.5, 0.6) is 0 Å². The molecule has 0 aromatic heterocycles. The Bertz CT molecular complexity index is 495. The highest BCUT2D eigenvalue weighted by Gasteiger charge is 2.16. The largest absolute Gasteiger partial charge is 0.480 e. The Labute approximate surface area is 127 Å². The van der Waals surface area contributed by atoms with Crippen molar-refractivity contribution in [3.05, 3.63) is 33.8 Å². The molecule has 0 heterocycles. The number of carbonyl (C=O) groups is 2. The van der Waals surface area contributed by atoms with Crippen molar-refractivity contribution in [3.8, 4) is 0 Å². The summed E-state index contributed by atoms with van der Waals surface area (Å²) < 4.78 is 0. The molecule has 0 saturated heterocycles. The van der Waals surface area contributed by atoms with Crippen molar-refractivity contribution in [2.45, 2.75) is 25.8 Å². The van der Waals surface area contributed by atoms with Gasteiger partial charge in [-0.15, -0.1) is 0 Å². The minimum absolute atomic E-state index is 0.325. The molecule has 0 unspecified atom stereocenters. The summed E-state index contributed by atoms with van der Waals surface area (Å²) in [7, 11) is 0. The molecule has 1 rings (SSSR count). The van der Waals surface area contributed by atoms with Gasteiger partial charge in [-0.05, 0) is 30.5 Å². The van der Waals surface area contributed by atoms with Gasteiger partial charge in [0.25, 0.3) is 0 Å². The number of amides is 2. The second kappa shape index (κ2) is 7.97. The highest BCUT2D eigenvalue weighted by Crippen LogP contribution is 2.20. The van der Waals surface area contributed by atoms with Gasteiger partial charge in [-0.25, -0.2) is 9.59 Å². The minimum Gasteiger partial charge on any atom is -0.480 e. The smallest absolute Gasteiger partial charge is 0.326 e. The van der Waals surface area contributed by atoms with Crippen molar-refractivity contribution in [2.75, 3.05) is 6.54 Å². The third kappa shape index (κ3) is 5.27. The van der Waals surface area contributed by atoms with Crippen molar-refractivity contribution < 1.29 is 14.7 Å². The second-order valence-electron chi connectivity index (χ2n) is 4.19. The molecular weight excluding hydrogens is 303 g/mol. The summed E-state index contributed by atoms with van der Waals surface area (Å²) in [6.45, 7) is 2.04. The van der Waals surface area contributed by atoms with E-state index in [1.165, 1.54) is 0 Å². The predicted octanol–water partition coefficient (Wildman–Crippen LogP) is 2.70. The highest BCUT2D eigenvalue weighted by atomic mass is 35.5. The van der Waals surface area contributed by atoms with E-state index >= 15 is 0 Å². The summed E-state index contributed by atoms with van der Waals surface area (Å²) in [6, 6.07) is 3.76. The van der Waals surface area contributed by atoms with Gasteiger partial charge in [0.1, 0.15) is 6.04 Å². The number of aliphatic carboxylic acids is 1. The summed E-state index contributed by atoms with van der Waals surface area (Å²) in [5, 5.41) is 14.9. The first-order valence-electron chi connectivity index (χ1n) is 6.15. The van der Waals surface area contributed by atoms with Gasteiger partial charge in [0.2, 0.25) is 0 Å². The number of halogens is 2. The summed E-state index contributed by atoms with van der Waals surface area (Å²) in [5.74, 6) is -1.05. The van der Waals surface area contributed by atoms with Gasteiger partial charge in [0.15, 0.2) is 0 Å². The van der Waals surface area contributed by atoms with Gasteiger partial charge in [-0.1, -0.05) is 36.2 Å². The maximum absolute atomic E-state index is 11.5. The van der Waals surface area contributed by atoms with E-state index < -0.39 is 18.0 Å². The lowest BCUT2D eigenvalue weighted by molar-refractivity contribution is -0.139. The van der Waals surface area contributed by atoms with E-state index in [0.29, 0.717) is 29.4 Å². The molecule has 2 amide bonds. The molecule has 0 spiro atoms. The van der Waals surface area contributed by atoms with E-state index in [2.05, 4.69) is 10.6 Å². The first-order chi connectivity index (χ1) is 9.43. The zero-order chi connectivity index (χ0) is 15.1. The zero-order valence-corrected chi connectivity index (χ0v) is 12.5. The fraction of sp³-hybridized carbons (Fsp3) is 0.385. The van der Waals surface area contributed by atoms with Gasteiger partial charge >= 0.3 is 12.0 Å². The number of carbonyl (C=O) groups excluding carboxylic acids is 1. The Balaban J connectivity index is 2.40. The Morgan fingerprint density at radius 3 is 2.60 bits per heavy atom. The van der Waals surface area contributed by atoms with E-state index in [0.717, 1.165) is 5.56 Å². The lowest BCUT2D eigenvalue weighted by Gasteiger charge is -2.13. The second-order valence-corrected chi connectivity index (χ2v) is 5.03. The summed E-state index contributed by atoms with van der Waals surface area (Å²) in [4.78, 5) is 22.3. The Morgan fingerprint density at radius 2 is 2.05 bits per heavy atom. The predicted molar refractivity (Wildman–Crippen MR) is 78.4 cm³/mol. The average molecular weight is 319 g/mol. The fourth-order valence-corrected chi connectivity index (χ4v) is 2.09. The number of urea groups is 1. The normalized spacial score (nSPS) is 11.8. The molecule has 0 aliphatic carbocycles. The molecule has 0 aliphatic rings. The van der Waals surface area contributed by atoms with Crippen LogP contribution in [-0.2, 0) is 11.2 Å². The zero-order valence-electron chi connectivity index (χ0n) is 11.0. The number of hydrogen-bond acceptors (Lipinski definition) is 2.